The smallest absolute Gasteiger partial charge is 0.246 e. The summed E-state index contributed by atoms with van der Waals surface area (Å²) in [5.41, 5.74) is 4.25. The first-order valence-electron chi connectivity index (χ1n) is 13.6. The fraction of sp³-hybridized carbons (Fsp3) is 0.586. The van der Waals surface area contributed by atoms with Crippen molar-refractivity contribution < 1.29 is 19.5 Å². The number of alkyl halides is 1. The van der Waals surface area contributed by atoms with Crippen LogP contribution in [0.2, 0.25) is 0 Å². The van der Waals surface area contributed by atoms with Crippen LogP contribution in [-0.4, -0.2) is 62.8 Å². The van der Waals surface area contributed by atoms with Gasteiger partial charge in [-0.25, -0.2) is 4.98 Å². The molecule has 2 aromatic rings. The Morgan fingerprint density at radius 2 is 1.85 bits per heavy atom. The van der Waals surface area contributed by atoms with Gasteiger partial charge in [0.15, 0.2) is 0 Å². The van der Waals surface area contributed by atoms with Crippen molar-refractivity contribution in [2.24, 2.45) is 5.41 Å². The largest absolute Gasteiger partial charge is 0.391 e. The predicted octanol–water partition coefficient (Wildman–Crippen LogP) is 4.74. The Hall–Kier alpha value is -2.30. The van der Waals surface area contributed by atoms with E-state index >= 15 is 0 Å². The van der Waals surface area contributed by atoms with E-state index in [1.54, 1.807) is 11.3 Å². The molecule has 4 unspecified atom stereocenters. The number of aromatic nitrogens is 1. The maximum Gasteiger partial charge on any atom is 0.246 e. The van der Waals surface area contributed by atoms with Crippen LogP contribution in [0.15, 0.2) is 29.8 Å². The Balaban J connectivity index is 1.68. The van der Waals surface area contributed by atoms with Gasteiger partial charge in [0.1, 0.15) is 12.1 Å². The fourth-order valence-electron chi connectivity index (χ4n) is 4.81. The molecule has 4 atom stereocenters. The SMILES string of the molecule is Cc1ncsc1-c1ccc(C(C)NC(=O)C2CC(O)CN2C(=O)C(NC(=O)CCCCCBr)C(C)(C)C)cc1. The lowest BCUT2D eigenvalue weighted by Gasteiger charge is -2.35. The number of nitrogens with one attached hydrogen (secondary N) is 2. The number of aliphatic hydroxyl groups excluding tert-OH is 1. The second-order valence-corrected chi connectivity index (χ2v) is 13.0. The molecule has 0 radical (unpaired) electrons. The number of aryl methyl sites for hydroxylation is 1. The van der Waals surface area contributed by atoms with Crippen molar-refractivity contribution in [2.45, 2.75) is 91.0 Å². The average Bonchev–Trinajstić information content (AvgIpc) is 3.49. The van der Waals surface area contributed by atoms with Gasteiger partial charge in [-0.1, -0.05) is 67.4 Å². The van der Waals surface area contributed by atoms with Crippen LogP contribution in [0, 0.1) is 12.3 Å². The minimum absolute atomic E-state index is 0.0574. The summed E-state index contributed by atoms with van der Waals surface area (Å²) in [6.45, 7) is 9.61. The maximum atomic E-state index is 13.7. The summed E-state index contributed by atoms with van der Waals surface area (Å²) in [6, 6.07) is 6.09. The Labute approximate surface area is 244 Å². The molecule has 10 heteroatoms. The Bertz CT molecular complexity index is 1130. The summed E-state index contributed by atoms with van der Waals surface area (Å²) >= 11 is 4.99. The van der Waals surface area contributed by atoms with E-state index in [-0.39, 0.29) is 36.7 Å². The van der Waals surface area contributed by atoms with E-state index in [0.29, 0.717) is 6.42 Å². The summed E-state index contributed by atoms with van der Waals surface area (Å²) in [7, 11) is 0. The molecule has 8 nitrogen and oxygen atoms in total. The Morgan fingerprint density at radius 1 is 1.15 bits per heavy atom. The molecule has 2 heterocycles. The number of halogens is 1. The summed E-state index contributed by atoms with van der Waals surface area (Å²) in [4.78, 5) is 46.6. The van der Waals surface area contributed by atoms with E-state index in [9.17, 15) is 19.5 Å². The zero-order valence-electron chi connectivity index (χ0n) is 23.5. The summed E-state index contributed by atoms with van der Waals surface area (Å²) < 4.78 is 0. The van der Waals surface area contributed by atoms with Crippen LogP contribution >= 0.6 is 27.3 Å². The Morgan fingerprint density at radius 3 is 2.44 bits per heavy atom. The van der Waals surface area contributed by atoms with Crippen molar-refractivity contribution in [3.63, 3.8) is 0 Å². The van der Waals surface area contributed by atoms with E-state index in [4.69, 9.17) is 0 Å². The number of thiazole rings is 1. The van der Waals surface area contributed by atoms with E-state index in [1.807, 2.05) is 64.4 Å². The molecule has 3 rings (SSSR count). The van der Waals surface area contributed by atoms with E-state index in [0.717, 1.165) is 46.3 Å². The van der Waals surface area contributed by atoms with Crippen LogP contribution in [0.4, 0.5) is 0 Å². The molecule has 0 aliphatic carbocycles. The third kappa shape index (κ3) is 8.35. The van der Waals surface area contributed by atoms with Crippen LogP contribution in [0.3, 0.4) is 0 Å². The molecule has 39 heavy (non-hydrogen) atoms. The minimum atomic E-state index is -0.810. The zero-order valence-corrected chi connectivity index (χ0v) is 25.9. The van der Waals surface area contributed by atoms with E-state index in [2.05, 4.69) is 31.5 Å². The van der Waals surface area contributed by atoms with Gasteiger partial charge in [-0.3, -0.25) is 14.4 Å². The lowest BCUT2D eigenvalue weighted by molar-refractivity contribution is -0.144. The van der Waals surface area contributed by atoms with Gasteiger partial charge >= 0.3 is 0 Å². The monoisotopic (exact) mass is 620 g/mol. The van der Waals surface area contributed by atoms with Crippen LogP contribution in [0.1, 0.15) is 77.1 Å². The third-order valence-corrected chi connectivity index (χ3v) is 8.64. The highest BCUT2D eigenvalue weighted by Crippen LogP contribution is 2.29. The van der Waals surface area contributed by atoms with E-state index < -0.39 is 23.6 Å². The first-order chi connectivity index (χ1) is 18.4. The van der Waals surface area contributed by atoms with Crippen molar-refractivity contribution in [2.75, 3.05) is 11.9 Å². The highest BCUT2D eigenvalue weighted by atomic mass is 79.9. The van der Waals surface area contributed by atoms with Gasteiger partial charge in [0.25, 0.3) is 0 Å². The predicted molar refractivity (Wildman–Crippen MR) is 159 cm³/mol. The van der Waals surface area contributed by atoms with Crippen molar-refractivity contribution >= 4 is 45.0 Å². The number of benzene rings is 1. The molecule has 1 aliphatic rings. The summed E-state index contributed by atoms with van der Waals surface area (Å²) in [5.74, 6) is -0.835. The minimum Gasteiger partial charge on any atom is -0.391 e. The first-order valence-corrected chi connectivity index (χ1v) is 15.6. The fourth-order valence-corrected chi connectivity index (χ4v) is 6.01. The molecule has 3 N–H and O–H groups in total. The van der Waals surface area contributed by atoms with Crippen LogP contribution < -0.4 is 10.6 Å². The summed E-state index contributed by atoms with van der Waals surface area (Å²) in [6.07, 6.45) is 2.37. The topological polar surface area (TPSA) is 112 Å². The van der Waals surface area contributed by atoms with Crippen molar-refractivity contribution in [1.29, 1.82) is 0 Å². The standard InChI is InChI=1S/C29H41BrN4O4S/c1-18(20-10-12-21(13-11-20)25-19(2)31-17-39-25)32-27(37)23-15-22(35)16-34(23)28(38)26(29(3,4)5)33-24(36)9-7-6-8-14-30/h10-13,17-18,22-23,26,35H,6-9,14-16H2,1-5H3,(H,32,37)(H,33,36). The number of hydrogen-bond donors (Lipinski definition) is 3. The van der Waals surface area contributed by atoms with Gasteiger partial charge in [0.05, 0.1) is 28.2 Å². The second-order valence-electron chi connectivity index (χ2n) is 11.4. The van der Waals surface area contributed by atoms with Crippen molar-refractivity contribution in [1.82, 2.24) is 20.5 Å². The second kappa shape index (κ2) is 13.9. The normalized spacial score (nSPS) is 19.0. The van der Waals surface area contributed by atoms with Gasteiger partial charge in [-0.05, 0) is 43.2 Å². The van der Waals surface area contributed by atoms with Crippen molar-refractivity contribution in [3.05, 3.63) is 41.0 Å². The highest BCUT2D eigenvalue weighted by molar-refractivity contribution is 9.09. The molecule has 0 spiro atoms. The molecule has 1 fully saturated rings. The number of nitrogens with zero attached hydrogens (tertiary/aromatic N) is 2. The van der Waals surface area contributed by atoms with E-state index in [1.165, 1.54) is 4.90 Å². The molecular weight excluding hydrogens is 580 g/mol. The van der Waals surface area contributed by atoms with Gasteiger partial charge in [-0.15, -0.1) is 11.3 Å². The Kier molecular flexibility index (Phi) is 11.1. The maximum absolute atomic E-state index is 13.7. The molecule has 0 bridgehead atoms. The number of aliphatic hydroxyl groups is 1. The lowest BCUT2D eigenvalue weighted by atomic mass is 9.85. The highest BCUT2D eigenvalue weighted by Gasteiger charge is 2.44. The molecule has 1 saturated heterocycles. The molecule has 1 aromatic carbocycles. The zero-order chi connectivity index (χ0) is 28.7. The number of likely N-dealkylation sites (tertiary alicyclic amines) is 1. The van der Waals surface area contributed by atoms with Crippen LogP contribution in [0.5, 0.6) is 0 Å². The quantitative estimate of drug-likeness (QED) is 0.248. The number of rotatable bonds is 11. The molecule has 3 amide bonds. The number of amides is 3. The van der Waals surface area contributed by atoms with Crippen LogP contribution in [-0.2, 0) is 14.4 Å². The van der Waals surface area contributed by atoms with Gasteiger partial charge in [-0.2, -0.15) is 0 Å². The number of carbonyl (C=O) groups excluding carboxylic acids is 3. The number of carbonyl (C=O) groups is 3. The molecular formula is C29H41BrN4O4S. The van der Waals surface area contributed by atoms with Crippen molar-refractivity contribution in [3.8, 4) is 10.4 Å². The molecule has 214 valence electrons. The average molecular weight is 622 g/mol. The van der Waals surface area contributed by atoms with Gasteiger partial charge < -0.3 is 20.6 Å². The summed E-state index contributed by atoms with van der Waals surface area (Å²) in [5, 5.41) is 17.3. The first kappa shape index (κ1) is 31.2. The third-order valence-electron chi connectivity index (χ3n) is 7.10. The molecule has 0 saturated carbocycles. The lowest BCUT2D eigenvalue weighted by Crippen LogP contribution is -2.57. The van der Waals surface area contributed by atoms with Gasteiger partial charge in [0, 0.05) is 24.7 Å². The molecule has 1 aliphatic heterocycles. The van der Waals surface area contributed by atoms with Gasteiger partial charge in [0.2, 0.25) is 17.7 Å². The number of β-amino-alcohol motifs (C(OH)–C–C–N with tert-alkyl or cyclic N) is 1. The number of hydrogen-bond acceptors (Lipinski definition) is 6. The van der Waals surface area contributed by atoms with Crippen LogP contribution in [0.25, 0.3) is 10.4 Å². The number of unbranched alkanes of at least 4 members (excludes halogenated alkanes) is 2. The molecule has 1 aromatic heterocycles.